The van der Waals surface area contributed by atoms with Crippen LogP contribution in [-0.4, -0.2) is 66.2 Å². The lowest BCUT2D eigenvalue weighted by molar-refractivity contribution is -0.0452. The zero-order chi connectivity index (χ0) is 29.3. The standard InChI is InChI=1S/C16H28N5O15P3/c17-20-18-5-3-1-2-4-6-32-9-11-8-21(16(24)19-15(11)23)14-7-12(22)13(34-14)10-33-38(28,29)36-39(30,31)35-37(25,26)27/h8,12-14,22H,1-7,9-10H2,(H,28,29)(H,30,31)(H,19,23,24)(H2,25,26,27)/t12-,13+,14+/m0/s1. The number of hydrogen-bond acceptors (Lipinski definition) is 12. The lowest BCUT2D eigenvalue weighted by Crippen LogP contribution is -2.34. The number of unbranched alkanes of at least 4 members (excludes halogenated alkanes) is 3. The molecule has 0 saturated carbocycles. The Morgan fingerprint density at radius 3 is 2.46 bits per heavy atom. The summed E-state index contributed by atoms with van der Waals surface area (Å²) >= 11 is 0. The number of aliphatic hydroxyl groups is 1. The molecule has 2 heterocycles. The fraction of sp³-hybridized carbons (Fsp3) is 0.750. The van der Waals surface area contributed by atoms with Crippen molar-refractivity contribution in [3.05, 3.63) is 43.0 Å². The largest absolute Gasteiger partial charge is 0.490 e. The molecule has 1 aliphatic rings. The van der Waals surface area contributed by atoms with Gasteiger partial charge in [0.1, 0.15) is 12.3 Å². The molecule has 0 aliphatic carbocycles. The maximum Gasteiger partial charge on any atom is 0.490 e. The van der Waals surface area contributed by atoms with E-state index in [-0.39, 0.29) is 18.6 Å². The summed E-state index contributed by atoms with van der Waals surface area (Å²) < 4.78 is 57.5. The molecule has 222 valence electrons. The number of nitrogens with one attached hydrogen (secondary N) is 1. The van der Waals surface area contributed by atoms with E-state index in [1.807, 2.05) is 0 Å². The molecular weight excluding hydrogens is 595 g/mol. The maximum absolute atomic E-state index is 12.3. The highest BCUT2D eigenvalue weighted by molar-refractivity contribution is 7.66. The van der Waals surface area contributed by atoms with Gasteiger partial charge in [-0.15, -0.1) is 0 Å². The van der Waals surface area contributed by atoms with Gasteiger partial charge in [0.05, 0.1) is 24.9 Å². The minimum Gasteiger partial charge on any atom is -0.390 e. The monoisotopic (exact) mass is 623 g/mol. The summed E-state index contributed by atoms with van der Waals surface area (Å²) in [4.78, 5) is 65.0. The molecule has 1 saturated heterocycles. The van der Waals surface area contributed by atoms with E-state index in [2.05, 4.69) is 28.2 Å². The van der Waals surface area contributed by atoms with Crippen LogP contribution in [0.3, 0.4) is 0 Å². The molecule has 6 N–H and O–H groups in total. The maximum atomic E-state index is 12.3. The third-order valence-electron chi connectivity index (χ3n) is 4.99. The molecule has 23 heteroatoms. The van der Waals surface area contributed by atoms with Gasteiger partial charge in [0.2, 0.25) is 0 Å². The first-order valence-electron chi connectivity index (χ1n) is 11.2. The van der Waals surface area contributed by atoms with Gasteiger partial charge in [0.25, 0.3) is 5.56 Å². The van der Waals surface area contributed by atoms with Crippen LogP contribution in [-0.2, 0) is 42.9 Å². The number of aromatic nitrogens is 2. The lowest BCUT2D eigenvalue weighted by Gasteiger charge is -2.19. The summed E-state index contributed by atoms with van der Waals surface area (Å²) in [7, 11) is -16.7. The highest BCUT2D eigenvalue weighted by Crippen LogP contribution is 2.66. The molecule has 5 atom stereocenters. The number of aliphatic hydroxyl groups excluding tert-OH is 1. The van der Waals surface area contributed by atoms with Crippen molar-refractivity contribution in [2.75, 3.05) is 19.8 Å². The normalized spacial score (nSPS) is 22.6. The Bertz CT molecular complexity index is 1270. The molecule has 0 radical (unpaired) electrons. The number of hydrogen-bond donors (Lipinski definition) is 6. The predicted molar refractivity (Wildman–Crippen MR) is 128 cm³/mol. The smallest absolute Gasteiger partial charge is 0.390 e. The molecule has 20 nitrogen and oxygen atoms in total. The zero-order valence-corrected chi connectivity index (χ0v) is 22.8. The highest BCUT2D eigenvalue weighted by Gasteiger charge is 2.43. The van der Waals surface area contributed by atoms with Gasteiger partial charge in [-0.3, -0.25) is 18.9 Å². The molecule has 1 aromatic rings. The van der Waals surface area contributed by atoms with Gasteiger partial charge in [-0.25, -0.2) is 18.5 Å². The molecule has 2 unspecified atom stereocenters. The van der Waals surface area contributed by atoms with Crippen molar-refractivity contribution in [2.24, 2.45) is 5.11 Å². The van der Waals surface area contributed by atoms with Crippen LogP contribution in [0, 0.1) is 0 Å². The molecular formula is C16H28N5O15P3. The summed E-state index contributed by atoms with van der Waals surface area (Å²) in [5.74, 6) is 0. The van der Waals surface area contributed by atoms with E-state index in [0.717, 1.165) is 23.8 Å². The quantitative estimate of drug-likeness (QED) is 0.0462. The van der Waals surface area contributed by atoms with Crippen LogP contribution in [0.15, 0.2) is 20.9 Å². The Kier molecular flexibility index (Phi) is 12.7. The lowest BCUT2D eigenvalue weighted by atomic mass is 10.2. The second kappa shape index (κ2) is 14.8. The van der Waals surface area contributed by atoms with Gasteiger partial charge in [-0.05, 0) is 18.4 Å². The van der Waals surface area contributed by atoms with Crippen molar-refractivity contribution < 1.29 is 61.0 Å². The van der Waals surface area contributed by atoms with Crippen LogP contribution < -0.4 is 11.2 Å². The highest BCUT2D eigenvalue weighted by atomic mass is 31.3. The Morgan fingerprint density at radius 2 is 1.79 bits per heavy atom. The van der Waals surface area contributed by atoms with Crippen molar-refractivity contribution in [2.45, 2.75) is 57.1 Å². The van der Waals surface area contributed by atoms with Gasteiger partial charge in [0.15, 0.2) is 0 Å². The number of aromatic amines is 1. The van der Waals surface area contributed by atoms with Gasteiger partial charge in [-0.1, -0.05) is 18.0 Å². The third kappa shape index (κ3) is 12.1. The second-order valence-electron chi connectivity index (χ2n) is 8.06. The number of azide groups is 1. The molecule has 1 fully saturated rings. The molecule has 1 aromatic heterocycles. The van der Waals surface area contributed by atoms with Gasteiger partial charge in [-0.2, -0.15) is 8.62 Å². The Balaban J connectivity index is 1.92. The van der Waals surface area contributed by atoms with Crippen LogP contribution >= 0.6 is 23.5 Å². The number of nitrogens with zero attached hydrogens (tertiary/aromatic N) is 4. The van der Waals surface area contributed by atoms with Gasteiger partial charge < -0.3 is 34.2 Å². The first-order chi connectivity index (χ1) is 18.1. The first-order valence-corrected chi connectivity index (χ1v) is 15.7. The van der Waals surface area contributed by atoms with E-state index < -0.39 is 59.8 Å². The van der Waals surface area contributed by atoms with E-state index in [4.69, 9.17) is 24.8 Å². The van der Waals surface area contributed by atoms with Gasteiger partial charge in [0, 0.05) is 30.7 Å². The van der Waals surface area contributed by atoms with E-state index in [9.17, 15) is 38.2 Å². The van der Waals surface area contributed by atoms with Crippen molar-refractivity contribution in [3.63, 3.8) is 0 Å². The zero-order valence-electron chi connectivity index (χ0n) is 20.1. The molecule has 0 bridgehead atoms. The minimum absolute atomic E-state index is 0.0766. The van der Waals surface area contributed by atoms with E-state index in [1.165, 1.54) is 6.20 Å². The first kappa shape index (κ1) is 33.5. The van der Waals surface area contributed by atoms with Crippen molar-refractivity contribution in [1.29, 1.82) is 0 Å². The topological polar surface area (TPSA) is 302 Å². The minimum atomic E-state index is -5.72. The SMILES string of the molecule is [N-]=[N+]=NCCCCCCOCc1cn([C@H]2C[C@H](O)[C@@H](COP(=O)(O)OP(=O)(O)OP(=O)(O)O)O2)c(=O)[nH]c1=O. The third-order valence-corrected chi connectivity index (χ3v) is 8.79. The van der Waals surface area contributed by atoms with E-state index >= 15 is 0 Å². The Labute approximate surface area is 219 Å². The fourth-order valence-corrected chi connectivity index (χ4v) is 6.35. The van der Waals surface area contributed by atoms with Crippen LogP contribution in [0.1, 0.15) is 43.9 Å². The fourth-order valence-electron chi connectivity index (χ4n) is 3.32. The number of phosphoric ester groups is 1. The Morgan fingerprint density at radius 1 is 1.10 bits per heavy atom. The number of H-pyrrole nitrogens is 1. The van der Waals surface area contributed by atoms with Crippen LogP contribution in [0.5, 0.6) is 0 Å². The molecule has 2 rings (SSSR count). The average Bonchev–Trinajstić information content (AvgIpc) is 3.15. The van der Waals surface area contributed by atoms with E-state index in [1.54, 1.807) is 0 Å². The van der Waals surface area contributed by atoms with Crippen molar-refractivity contribution in [1.82, 2.24) is 9.55 Å². The van der Waals surface area contributed by atoms with Gasteiger partial charge >= 0.3 is 29.2 Å². The molecule has 0 aromatic carbocycles. The molecule has 1 aliphatic heterocycles. The molecule has 39 heavy (non-hydrogen) atoms. The molecule has 0 spiro atoms. The summed E-state index contributed by atoms with van der Waals surface area (Å²) in [5, 5.41) is 13.7. The predicted octanol–water partition coefficient (Wildman–Crippen LogP) is 0.916. The number of rotatable bonds is 17. The second-order valence-corrected chi connectivity index (χ2v) is 12.5. The summed E-state index contributed by atoms with van der Waals surface area (Å²) in [6, 6.07) is 0. The summed E-state index contributed by atoms with van der Waals surface area (Å²) in [5.41, 5.74) is 6.71. The van der Waals surface area contributed by atoms with Crippen molar-refractivity contribution in [3.8, 4) is 0 Å². The van der Waals surface area contributed by atoms with Crippen molar-refractivity contribution >= 4 is 23.5 Å². The molecule has 0 amide bonds. The van der Waals surface area contributed by atoms with E-state index in [0.29, 0.717) is 19.6 Å². The van der Waals surface area contributed by atoms with Crippen LogP contribution in [0.25, 0.3) is 10.4 Å². The van der Waals surface area contributed by atoms with Crippen LogP contribution in [0.2, 0.25) is 0 Å². The summed E-state index contributed by atoms with van der Waals surface area (Å²) in [6.45, 7) is -0.329. The number of ether oxygens (including phenoxy) is 2. The Hall–Kier alpha value is -1.72. The number of phosphoric acid groups is 3. The summed E-state index contributed by atoms with van der Waals surface area (Å²) in [6.07, 6.45) is 0.110. The average molecular weight is 623 g/mol. The van der Waals surface area contributed by atoms with Crippen LogP contribution in [0.4, 0.5) is 0 Å².